The van der Waals surface area contributed by atoms with E-state index in [-0.39, 0.29) is 0 Å². The molecule has 0 radical (unpaired) electrons. The molecule has 0 saturated heterocycles. The first kappa shape index (κ1) is 12.6. The highest BCUT2D eigenvalue weighted by Crippen LogP contribution is 2.35. The summed E-state index contributed by atoms with van der Waals surface area (Å²) in [5.41, 5.74) is 6.97. The van der Waals surface area contributed by atoms with Crippen LogP contribution in [0.5, 0.6) is 0 Å². The van der Waals surface area contributed by atoms with Crippen molar-refractivity contribution >= 4 is 34.1 Å². The van der Waals surface area contributed by atoms with Crippen LogP contribution in [0.3, 0.4) is 0 Å². The summed E-state index contributed by atoms with van der Waals surface area (Å²) in [5.74, 6) is 0.829. The molecular formula is C14H13N3S2. The number of aryl methyl sites for hydroxylation is 1. The summed E-state index contributed by atoms with van der Waals surface area (Å²) in [7, 11) is 0. The summed E-state index contributed by atoms with van der Waals surface area (Å²) in [6.45, 7) is 2.47. The number of fused-ring (bicyclic) bond motifs is 1. The van der Waals surface area contributed by atoms with Gasteiger partial charge in [-0.3, -0.25) is 0 Å². The Labute approximate surface area is 120 Å². The second-order valence-corrected chi connectivity index (χ2v) is 6.22. The Hall–Kier alpha value is -1.43. The SMILES string of the molecule is Cc1nsc(Sc2ccc(CN)c3ccccc23)n1. The Balaban J connectivity index is 2.09. The number of hydrogen-bond acceptors (Lipinski definition) is 5. The molecule has 0 bridgehead atoms. The van der Waals surface area contributed by atoms with E-state index < -0.39 is 0 Å². The van der Waals surface area contributed by atoms with Gasteiger partial charge in [0.15, 0.2) is 4.34 Å². The lowest BCUT2D eigenvalue weighted by Gasteiger charge is -2.08. The lowest BCUT2D eigenvalue weighted by molar-refractivity contribution is 1.08. The molecule has 0 atom stereocenters. The predicted octanol–water partition coefficient (Wildman–Crippen LogP) is 3.61. The fraction of sp³-hybridized carbons (Fsp3) is 0.143. The van der Waals surface area contributed by atoms with Gasteiger partial charge < -0.3 is 5.73 Å². The topological polar surface area (TPSA) is 51.8 Å². The quantitative estimate of drug-likeness (QED) is 0.799. The number of rotatable bonds is 3. The summed E-state index contributed by atoms with van der Waals surface area (Å²) in [6.07, 6.45) is 0. The van der Waals surface area contributed by atoms with E-state index in [1.807, 2.05) is 13.0 Å². The van der Waals surface area contributed by atoms with Crippen LogP contribution in [0.15, 0.2) is 45.6 Å². The fourth-order valence-corrected chi connectivity index (χ4v) is 3.76. The normalized spacial score (nSPS) is 11.1. The maximum Gasteiger partial charge on any atom is 0.174 e. The van der Waals surface area contributed by atoms with E-state index in [4.69, 9.17) is 5.73 Å². The third-order valence-corrected chi connectivity index (χ3v) is 4.82. The number of nitrogens with two attached hydrogens (primary N) is 1. The van der Waals surface area contributed by atoms with Gasteiger partial charge in [-0.25, -0.2) is 4.98 Å². The first-order valence-electron chi connectivity index (χ1n) is 5.97. The molecule has 1 heterocycles. The van der Waals surface area contributed by atoms with Crippen LogP contribution in [-0.4, -0.2) is 9.36 Å². The Morgan fingerprint density at radius 1 is 1.16 bits per heavy atom. The Kier molecular flexibility index (Phi) is 3.50. The van der Waals surface area contributed by atoms with Crippen molar-refractivity contribution in [3.63, 3.8) is 0 Å². The van der Waals surface area contributed by atoms with Gasteiger partial charge in [-0.1, -0.05) is 42.1 Å². The van der Waals surface area contributed by atoms with Gasteiger partial charge in [0, 0.05) is 11.4 Å². The van der Waals surface area contributed by atoms with Gasteiger partial charge in [-0.2, -0.15) is 4.37 Å². The monoisotopic (exact) mass is 287 g/mol. The zero-order chi connectivity index (χ0) is 13.2. The number of hydrogen-bond donors (Lipinski definition) is 1. The molecule has 96 valence electrons. The minimum absolute atomic E-state index is 0.559. The van der Waals surface area contributed by atoms with Crippen LogP contribution in [0, 0.1) is 6.92 Å². The Bertz CT molecular complexity index is 722. The zero-order valence-electron chi connectivity index (χ0n) is 10.5. The van der Waals surface area contributed by atoms with E-state index in [1.165, 1.54) is 32.8 Å². The second-order valence-electron chi connectivity index (χ2n) is 4.18. The lowest BCUT2D eigenvalue weighted by atomic mass is 10.0. The molecule has 0 saturated carbocycles. The summed E-state index contributed by atoms with van der Waals surface area (Å²) >= 11 is 3.10. The van der Waals surface area contributed by atoms with E-state index in [9.17, 15) is 0 Å². The largest absolute Gasteiger partial charge is 0.326 e. The van der Waals surface area contributed by atoms with Crippen LogP contribution in [-0.2, 0) is 6.54 Å². The lowest BCUT2D eigenvalue weighted by Crippen LogP contribution is -1.97. The van der Waals surface area contributed by atoms with Crippen LogP contribution in [0.4, 0.5) is 0 Å². The molecule has 0 aliphatic rings. The van der Waals surface area contributed by atoms with Gasteiger partial charge >= 0.3 is 0 Å². The van der Waals surface area contributed by atoms with Crippen molar-refractivity contribution in [2.24, 2.45) is 5.73 Å². The van der Waals surface area contributed by atoms with Crippen molar-refractivity contribution in [3.05, 3.63) is 47.8 Å². The molecule has 2 N–H and O–H groups in total. The van der Waals surface area contributed by atoms with E-state index in [2.05, 4.69) is 39.7 Å². The summed E-state index contributed by atoms with van der Waals surface area (Å²) in [5, 5.41) is 2.44. The number of nitrogens with zero attached hydrogens (tertiary/aromatic N) is 2. The highest BCUT2D eigenvalue weighted by atomic mass is 32.2. The second kappa shape index (κ2) is 5.28. The van der Waals surface area contributed by atoms with Crippen LogP contribution < -0.4 is 5.73 Å². The molecule has 2 aromatic carbocycles. The minimum atomic E-state index is 0.559. The molecule has 0 fully saturated rings. The predicted molar refractivity (Wildman–Crippen MR) is 80.6 cm³/mol. The van der Waals surface area contributed by atoms with E-state index in [0.29, 0.717) is 6.54 Å². The van der Waals surface area contributed by atoms with E-state index in [1.54, 1.807) is 11.8 Å². The zero-order valence-corrected chi connectivity index (χ0v) is 12.1. The molecule has 0 amide bonds. The molecule has 1 aromatic heterocycles. The third-order valence-electron chi connectivity index (χ3n) is 2.90. The van der Waals surface area contributed by atoms with Gasteiger partial charge in [-0.15, -0.1) is 0 Å². The van der Waals surface area contributed by atoms with Crippen LogP contribution in [0.25, 0.3) is 10.8 Å². The first-order valence-corrected chi connectivity index (χ1v) is 7.56. The summed E-state index contributed by atoms with van der Waals surface area (Å²) < 4.78 is 5.19. The van der Waals surface area contributed by atoms with Crippen LogP contribution >= 0.6 is 23.3 Å². The standard InChI is InChI=1S/C14H13N3S2/c1-9-16-14(19-17-9)18-13-7-6-10(8-15)11-4-2-3-5-12(11)13/h2-7H,8,15H2,1H3. The van der Waals surface area contributed by atoms with Crippen molar-refractivity contribution in [1.29, 1.82) is 0 Å². The van der Waals surface area contributed by atoms with Gasteiger partial charge in [0.1, 0.15) is 5.82 Å². The molecule has 0 unspecified atom stereocenters. The molecule has 0 spiro atoms. The average molecular weight is 287 g/mol. The first-order chi connectivity index (χ1) is 9.28. The van der Waals surface area contributed by atoms with Crippen molar-refractivity contribution < 1.29 is 0 Å². The fourth-order valence-electron chi connectivity index (χ4n) is 2.01. The molecule has 5 heteroatoms. The van der Waals surface area contributed by atoms with Crippen LogP contribution in [0.2, 0.25) is 0 Å². The highest BCUT2D eigenvalue weighted by Gasteiger charge is 2.08. The molecule has 19 heavy (non-hydrogen) atoms. The third kappa shape index (κ3) is 2.49. The molecular weight excluding hydrogens is 274 g/mol. The van der Waals surface area contributed by atoms with Crippen molar-refractivity contribution in [2.45, 2.75) is 22.7 Å². The van der Waals surface area contributed by atoms with Gasteiger partial charge in [0.2, 0.25) is 0 Å². The maximum absolute atomic E-state index is 5.79. The van der Waals surface area contributed by atoms with Crippen molar-refractivity contribution in [1.82, 2.24) is 9.36 Å². The Morgan fingerprint density at radius 2 is 1.95 bits per heavy atom. The number of benzene rings is 2. The highest BCUT2D eigenvalue weighted by molar-refractivity contribution is 8.01. The average Bonchev–Trinajstić information content (AvgIpc) is 2.85. The molecule has 0 aliphatic heterocycles. The summed E-state index contributed by atoms with van der Waals surface area (Å²) in [4.78, 5) is 5.60. The van der Waals surface area contributed by atoms with Gasteiger partial charge in [0.05, 0.1) is 0 Å². The summed E-state index contributed by atoms with van der Waals surface area (Å²) in [6, 6.07) is 12.6. The van der Waals surface area contributed by atoms with Crippen LogP contribution in [0.1, 0.15) is 11.4 Å². The molecule has 3 aromatic rings. The maximum atomic E-state index is 5.79. The van der Waals surface area contributed by atoms with Gasteiger partial charge in [-0.05, 0) is 40.9 Å². The Morgan fingerprint density at radius 3 is 2.63 bits per heavy atom. The minimum Gasteiger partial charge on any atom is -0.326 e. The van der Waals surface area contributed by atoms with E-state index in [0.717, 1.165) is 10.2 Å². The van der Waals surface area contributed by atoms with Gasteiger partial charge in [0.25, 0.3) is 0 Å². The molecule has 3 rings (SSSR count). The molecule has 3 nitrogen and oxygen atoms in total. The smallest absolute Gasteiger partial charge is 0.174 e. The van der Waals surface area contributed by atoms with Crippen molar-refractivity contribution in [3.8, 4) is 0 Å². The number of aromatic nitrogens is 2. The van der Waals surface area contributed by atoms with E-state index >= 15 is 0 Å². The van der Waals surface area contributed by atoms with Crippen molar-refractivity contribution in [2.75, 3.05) is 0 Å². The molecule has 0 aliphatic carbocycles.